The van der Waals surface area contributed by atoms with Crippen molar-refractivity contribution < 1.29 is 17.9 Å². The highest BCUT2D eigenvalue weighted by Crippen LogP contribution is 2.35. The number of carbonyl (C=O) groups excluding carboxylic acids is 1. The van der Waals surface area contributed by atoms with E-state index in [9.17, 15) is 13.2 Å². The predicted octanol–water partition coefficient (Wildman–Crippen LogP) is 3.05. The molecule has 0 unspecified atom stereocenters. The molecule has 0 radical (unpaired) electrons. The zero-order chi connectivity index (χ0) is 18.9. The number of fused-ring (bicyclic) bond motifs is 1. The molecule has 1 aliphatic rings. The van der Waals surface area contributed by atoms with E-state index in [1.165, 1.54) is 4.31 Å². The van der Waals surface area contributed by atoms with Crippen LogP contribution in [0.3, 0.4) is 0 Å². The largest absolute Gasteiger partial charge is 0.497 e. The number of ether oxygens (including phenoxy) is 1. The first-order chi connectivity index (χ1) is 12.4. The third kappa shape index (κ3) is 3.39. The van der Waals surface area contributed by atoms with Crippen molar-refractivity contribution >= 4 is 27.3 Å². The summed E-state index contributed by atoms with van der Waals surface area (Å²) in [4.78, 5) is 12.5. The van der Waals surface area contributed by atoms with Gasteiger partial charge in [-0.15, -0.1) is 0 Å². The van der Waals surface area contributed by atoms with Crippen LogP contribution in [-0.2, 0) is 16.4 Å². The summed E-state index contributed by atoms with van der Waals surface area (Å²) < 4.78 is 31.2. The highest BCUT2D eigenvalue weighted by molar-refractivity contribution is 7.92. The second-order valence-electron chi connectivity index (χ2n) is 6.28. The van der Waals surface area contributed by atoms with E-state index in [1.54, 1.807) is 56.5 Å². The van der Waals surface area contributed by atoms with Gasteiger partial charge in [0.2, 0.25) is 10.0 Å². The monoisotopic (exact) mass is 374 g/mol. The second-order valence-corrected chi connectivity index (χ2v) is 8.41. The van der Waals surface area contributed by atoms with Crippen LogP contribution in [0.25, 0.3) is 0 Å². The molecule has 1 N–H and O–H groups in total. The molecule has 2 aromatic carbocycles. The lowest BCUT2D eigenvalue weighted by Crippen LogP contribution is -2.36. The molecule has 0 spiro atoms. The molecule has 0 bridgehead atoms. The number of hydrogen-bond donors (Lipinski definition) is 1. The minimum absolute atomic E-state index is 0.0521. The van der Waals surface area contributed by atoms with Crippen LogP contribution in [0.15, 0.2) is 42.5 Å². The standard InChI is InChI=1S/C19H22N2O4S/c1-4-26(23,24)21-13(2)11-15-12-14(5-10-18(15)21)19(22)20-16-6-8-17(25-3)9-7-16/h5-10,12-13H,4,11H2,1-3H3,(H,20,22)/t13-/m0/s1. The molecule has 0 aliphatic carbocycles. The summed E-state index contributed by atoms with van der Waals surface area (Å²) in [7, 11) is -1.74. The summed E-state index contributed by atoms with van der Waals surface area (Å²) in [5, 5.41) is 2.84. The summed E-state index contributed by atoms with van der Waals surface area (Å²) in [6.45, 7) is 3.51. The van der Waals surface area contributed by atoms with Gasteiger partial charge in [-0.3, -0.25) is 9.10 Å². The Balaban J connectivity index is 1.83. The van der Waals surface area contributed by atoms with Crippen molar-refractivity contribution in [3.63, 3.8) is 0 Å². The highest BCUT2D eigenvalue weighted by Gasteiger charge is 2.34. The highest BCUT2D eigenvalue weighted by atomic mass is 32.2. The Morgan fingerprint density at radius 2 is 1.92 bits per heavy atom. The fraction of sp³-hybridized carbons (Fsp3) is 0.316. The first-order valence-electron chi connectivity index (χ1n) is 8.46. The number of anilines is 2. The van der Waals surface area contributed by atoms with Crippen molar-refractivity contribution in [1.29, 1.82) is 0 Å². The van der Waals surface area contributed by atoms with Gasteiger partial charge in [-0.1, -0.05) is 0 Å². The van der Waals surface area contributed by atoms with Gasteiger partial charge in [0.25, 0.3) is 5.91 Å². The van der Waals surface area contributed by atoms with E-state index in [-0.39, 0.29) is 17.7 Å². The minimum atomic E-state index is -3.33. The van der Waals surface area contributed by atoms with Gasteiger partial charge in [0.1, 0.15) is 5.75 Å². The van der Waals surface area contributed by atoms with E-state index in [4.69, 9.17) is 4.74 Å². The van der Waals surface area contributed by atoms with Crippen LogP contribution >= 0.6 is 0 Å². The molecule has 1 heterocycles. The lowest BCUT2D eigenvalue weighted by molar-refractivity contribution is 0.102. The van der Waals surface area contributed by atoms with Crippen molar-refractivity contribution in [2.45, 2.75) is 26.3 Å². The summed E-state index contributed by atoms with van der Waals surface area (Å²) >= 11 is 0. The molecular formula is C19H22N2O4S. The molecule has 1 aliphatic heterocycles. The molecule has 1 atom stereocenters. The number of benzene rings is 2. The Morgan fingerprint density at radius 3 is 2.54 bits per heavy atom. The van der Waals surface area contributed by atoms with Crippen molar-refractivity contribution in [3.05, 3.63) is 53.6 Å². The molecule has 26 heavy (non-hydrogen) atoms. The molecule has 0 aromatic heterocycles. The normalized spacial score (nSPS) is 16.3. The second kappa shape index (κ2) is 6.99. The van der Waals surface area contributed by atoms with E-state index in [1.807, 2.05) is 6.92 Å². The zero-order valence-corrected chi connectivity index (χ0v) is 15.8. The maximum Gasteiger partial charge on any atom is 0.255 e. The summed E-state index contributed by atoms with van der Waals surface area (Å²) in [6.07, 6.45) is 0.595. The van der Waals surface area contributed by atoms with Gasteiger partial charge in [0, 0.05) is 17.3 Å². The third-order valence-electron chi connectivity index (χ3n) is 4.51. The van der Waals surface area contributed by atoms with Gasteiger partial charge in [0.05, 0.1) is 18.6 Å². The van der Waals surface area contributed by atoms with Crippen molar-refractivity contribution in [3.8, 4) is 5.75 Å². The molecule has 0 saturated heterocycles. The van der Waals surface area contributed by atoms with Crippen LogP contribution < -0.4 is 14.4 Å². The van der Waals surface area contributed by atoms with Gasteiger partial charge in [-0.25, -0.2) is 8.42 Å². The number of hydrogen-bond acceptors (Lipinski definition) is 4. The third-order valence-corrected chi connectivity index (χ3v) is 6.39. The first-order valence-corrected chi connectivity index (χ1v) is 10.1. The lowest BCUT2D eigenvalue weighted by atomic mass is 10.1. The van der Waals surface area contributed by atoms with E-state index in [2.05, 4.69) is 5.32 Å². The maximum atomic E-state index is 12.5. The average Bonchev–Trinajstić information content (AvgIpc) is 2.97. The number of nitrogens with one attached hydrogen (secondary N) is 1. The number of sulfonamides is 1. The van der Waals surface area contributed by atoms with Crippen molar-refractivity contribution in [2.75, 3.05) is 22.5 Å². The SMILES string of the molecule is CCS(=O)(=O)N1c2ccc(C(=O)Nc3ccc(OC)cc3)cc2C[C@@H]1C. The van der Waals surface area contributed by atoms with Crippen LogP contribution in [0.1, 0.15) is 29.8 Å². The Hall–Kier alpha value is -2.54. The topological polar surface area (TPSA) is 75.7 Å². The van der Waals surface area contributed by atoms with Crippen molar-refractivity contribution in [2.24, 2.45) is 0 Å². The summed E-state index contributed by atoms with van der Waals surface area (Å²) in [5.41, 5.74) is 2.71. The fourth-order valence-electron chi connectivity index (χ4n) is 3.18. The van der Waals surface area contributed by atoms with Crippen LogP contribution in [-0.4, -0.2) is 33.2 Å². The molecule has 3 rings (SSSR count). The van der Waals surface area contributed by atoms with Gasteiger partial charge in [-0.2, -0.15) is 0 Å². The number of amides is 1. The van der Waals surface area contributed by atoms with Crippen LogP contribution in [0, 0.1) is 0 Å². The Bertz CT molecular complexity index is 923. The molecule has 2 aromatic rings. The minimum Gasteiger partial charge on any atom is -0.497 e. The Kier molecular flexibility index (Phi) is 4.91. The predicted molar refractivity (Wildman–Crippen MR) is 102 cm³/mol. The molecular weight excluding hydrogens is 352 g/mol. The average molecular weight is 374 g/mol. The Labute approximate surface area is 153 Å². The molecule has 1 amide bonds. The van der Waals surface area contributed by atoms with Crippen LogP contribution in [0.2, 0.25) is 0 Å². The molecule has 0 fully saturated rings. The summed E-state index contributed by atoms with van der Waals surface area (Å²) in [5.74, 6) is 0.533. The fourth-order valence-corrected chi connectivity index (χ4v) is 4.56. The van der Waals surface area contributed by atoms with E-state index in [0.29, 0.717) is 29.1 Å². The van der Waals surface area contributed by atoms with E-state index < -0.39 is 10.0 Å². The van der Waals surface area contributed by atoms with E-state index >= 15 is 0 Å². The summed E-state index contributed by atoms with van der Waals surface area (Å²) in [6, 6.07) is 12.1. The number of nitrogens with zero attached hydrogens (tertiary/aromatic N) is 1. The maximum absolute atomic E-state index is 12.5. The van der Waals surface area contributed by atoms with E-state index in [0.717, 1.165) is 5.56 Å². The van der Waals surface area contributed by atoms with Crippen LogP contribution in [0.5, 0.6) is 5.75 Å². The molecule has 7 heteroatoms. The quantitative estimate of drug-likeness (QED) is 0.873. The molecule has 0 saturated carbocycles. The van der Waals surface area contributed by atoms with Gasteiger partial charge >= 0.3 is 0 Å². The van der Waals surface area contributed by atoms with Gasteiger partial charge in [0.15, 0.2) is 0 Å². The van der Waals surface area contributed by atoms with Gasteiger partial charge < -0.3 is 10.1 Å². The molecule has 138 valence electrons. The first kappa shape index (κ1) is 18.3. The lowest BCUT2D eigenvalue weighted by Gasteiger charge is -2.23. The zero-order valence-electron chi connectivity index (χ0n) is 15.0. The van der Waals surface area contributed by atoms with Crippen LogP contribution in [0.4, 0.5) is 11.4 Å². The number of carbonyl (C=O) groups is 1. The molecule has 6 nitrogen and oxygen atoms in total. The Morgan fingerprint density at radius 1 is 1.23 bits per heavy atom. The van der Waals surface area contributed by atoms with Crippen molar-refractivity contribution in [1.82, 2.24) is 0 Å². The smallest absolute Gasteiger partial charge is 0.255 e. The number of rotatable bonds is 5. The van der Waals surface area contributed by atoms with Gasteiger partial charge in [-0.05, 0) is 68.3 Å². The number of methoxy groups -OCH3 is 1.